The van der Waals surface area contributed by atoms with Crippen molar-refractivity contribution in [3.8, 4) is 0 Å². The van der Waals surface area contributed by atoms with Gasteiger partial charge in [-0.3, -0.25) is 4.79 Å². The molecule has 1 aromatic carbocycles. The Morgan fingerprint density at radius 3 is 2.86 bits per heavy atom. The maximum absolute atomic E-state index is 12.8. The second kappa shape index (κ2) is 9.27. The van der Waals surface area contributed by atoms with Gasteiger partial charge in [0.1, 0.15) is 0 Å². The number of hydrogen-bond acceptors (Lipinski definition) is 7. The Labute approximate surface area is 181 Å². The number of carbonyl (C=O) groups excluding carboxylic acids is 1. The van der Waals surface area contributed by atoms with E-state index in [1.54, 1.807) is 12.1 Å². The van der Waals surface area contributed by atoms with Crippen LogP contribution in [0.5, 0.6) is 0 Å². The van der Waals surface area contributed by atoms with E-state index in [1.165, 1.54) is 33.5 Å². The van der Waals surface area contributed by atoms with Crippen LogP contribution < -0.4 is 5.32 Å². The zero-order valence-electron chi connectivity index (χ0n) is 14.9. The van der Waals surface area contributed by atoms with Gasteiger partial charge in [0.25, 0.3) is 0 Å². The van der Waals surface area contributed by atoms with Gasteiger partial charge in [-0.05, 0) is 36.8 Å². The number of amides is 1. The van der Waals surface area contributed by atoms with Crippen molar-refractivity contribution in [1.82, 2.24) is 14.5 Å². The number of sulfonamides is 1. The molecule has 1 aromatic heterocycles. The topological polar surface area (TPSA) is 92.3 Å². The Morgan fingerprint density at radius 1 is 1.39 bits per heavy atom. The summed E-state index contributed by atoms with van der Waals surface area (Å²) in [7, 11) is -3.61. The number of halogens is 2. The predicted octanol–water partition coefficient (Wildman–Crippen LogP) is 3.75. The highest BCUT2D eigenvalue weighted by Gasteiger charge is 2.33. The first-order valence-corrected chi connectivity index (χ1v) is 12.8. The van der Waals surface area contributed by atoms with Crippen LogP contribution in [0.2, 0.25) is 10.0 Å². The van der Waals surface area contributed by atoms with Crippen molar-refractivity contribution in [2.45, 2.75) is 22.9 Å². The number of nitrogens with one attached hydrogen (secondary N) is 1. The standard InChI is InChI=1S/C16H18Cl2N4O3S3/c1-26-16-21-20-15(27-16)19-14(23)10-3-2-6-22(8-10)28(24,25)9-11-4-5-12(17)7-13(11)18/h4-5,7,10H,2-3,6,8-9H2,1H3,(H,19,20,23). The Morgan fingerprint density at radius 2 is 2.18 bits per heavy atom. The number of nitrogens with zero attached hydrogens (tertiary/aromatic N) is 3. The number of hydrogen-bond donors (Lipinski definition) is 1. The monoisotopic (exact) mass is 480 g/mol. The minimum Gasteiger partial charge on any atom is -0.300 e. The molecule has 3 rings (SSSR count). The Balaban J connectivity index is 1.66. The lowest BCUT2D eigenvalue weighted by atomic mass is 9.99. The first kappa shape index (κ1) is 21.8. The van der Waals surface area contributed by atoms with Crippen LogP contribution in [0.25, 0.3) is 0 Å². The number of thioether (sulfide) groups is 1. The molecule has 12 heteroatoms. The van der Waals surface area contributed by atoms with Crippen LogP contribution in [0.1, 0.15) is 18.4 Å². The summed E-state index contributed by atoms with van der Waals surface area (Å²) in [6, 6.07) is 4.73. The second-order valence-corrected chi connectivity index (χ2v) is 11.1. The summed E-state index contributed by atoms with van der Waals surface area (Å²) in [5.74, 6) is -0.913. The van der Waals surface area contributed by atoms with Crippen LogP contribution >= 0.6 is 46.3 Å². The molecule has 1 N–H and O–H groups in total. The lowest BCUT2D eigenvalue weighted by molar-refractivity contribution is -0.120. The molecule has 0 radical (unpaired) electrons. The van der Waals surface area contributed by atoms with E-state index in [4.69, 9.17) is 23.2 Å². The van der Waals surface area contributed by atoms with Crippen molar-refractivity contribution in [2.24, 2.45) is 5.92 Å². The summed E-state index contributed by atoms with van der Waals surface area (Å²) in [6.45, 7) is 0.514. The number of benzene rings is 1. The highest BCUT2D eigenvalue weighted by atomic mass is 35.5. The molecule has 2 heterocycles. The van der Waals surface area contributed by atoms with Crippen LogP contribution in [0.3, 0.4) is 0 Å². The zero-order valence-corrected chi connectivity index (χ0v) is 18.9. The molecule has 2 aromatic rings. The van der Waals surface area contributed by atoms with Gasteiger partial charge in [0.15, 0.2) is 4.34 Å². The van der Waals surface area contributed by atoms with E-state index in [-0.39, 0.29) is 18.2 Å². The Kier molecular flexibility index (Phi) is 7.21. The summed E-state index contributed by atoms with van der Waals surface area (Å²) in [5.41, 5.74) is 0.482. The smallest absolute Gasteiger partial charge is 0.230 e. The fraction of sp³-hybridized carbons (Fsp3) is 0.438. The third-order valence-electron chi connectivity index (χ3n) is 4.31. The number of carbonyl (C=O) groups is 1. The van der Waals surface area contributed by atoms with Crippen molar-refractivity contribution < 1.29 is 13.2 Å². The highest BCUT2D eigenvalue weighted by molar-refractivity contribution is 8.00. The van der Waals surface area contributed by atoms with E-state index in [0.29, 0.717) is 40.1 Å². The van der Waals surface area contributed by atoms with Crippen molar-refractivity contribution in [1.29, 1.82) is 0 Å². The third-order valence-corrected chi connectivity index (χ3v) is 8.51. The average Bonchev–Trinajstić information content (AvgIpc) is 3.12. The zero-order chi connectivity index (χ0) is 20.3. The van der Waals surface area contributed by atoms with Gasteiger partial charge in [-0.1, -0.05) is 52.4 Å². The molecule has 0 bridgehead atoms. The molecule has 1 aliphatic rings. The first-order chi connectivity index (χ1) is 13.3. The molecule has 152 valence electrons. The van der Waals surface area contributed by atoms with E-state index in [1.807, 2.05) is 6.26 Å². The highest BCUT2D eigenvalue weighted by Crippen LogP contribution is 2.28. The minimum absolute atomic E-state index is 0.133. The van der Waals surface area contributed by atoms with E-state index in [9.17, 15) is 13.2 Å². The molecule has 0 spiro atoms. The Hall–Kier alpha value is -0.910. The second-order valence-electron chi connectivity index (χ2n) is 6.26. The molecule has 1 saturated heterocycles. The van der Waals surface area contributed by atoms with Crippen LogP contribution in [0.15, 0.2) is 22.5 Å². The lowest BCUT2D eigenvalue weighted by Crippen LogP contribution is -2.44. The van der Waals surface area contributed by atoms with Crippen molar-refractivity contribution in [3.63, 3.8) is 0 Å². The number of rotatable bonds is 6. The quantitative estimate of drug-likeness (QED) is 0.499. The van der Waals surface area contributed by atoms with Gasteiger partial charge in [0, 0.05) is 23.1 Å². The van der Waals surface area contributed by atoms with Gasteiger partial charge < -0.3 is 5.32 Å². The lowest BCUT2D eigenvalue weighted by Gasteiger charge is -2.31. The number of piperidine rings is 1. The first-order valence-electron chi connectivity index (χ1n) is 8.38. The van der Waals surface area contributed by atoms with Gasteiger partial charge in [-0.2, -0.15) is 0 Å². The molecule has 1 fully saturated rings. The van der Waals surface area contributed by atoms with E-state index < -0.39 is 15.9 Å². The molecular formula is C16H18Cl2N4O3S3. The molecule has 0 saturated carbocycles. The summed E-state index contributed by atoms with van der Waals surface area (Å²) >= 11 is 14.7. The van der Waals surface area contributed by atoms with Crippen LogP contribution in [-0.4, -0.2) is 48.2 Å². The molecule has 1 aliphatic heterocycles. The van der Waals surface area contributed by atoms with Crippen LogP contribution in [-0.2, 0) is 20.6 Å². The van der Waals surface area contributed by atoms with E-state index >= 15 is 0 Å². The largest absolute Gasteiger partial charge is 0.300 e. The van der Waals surface area contributed by atoms with E-state index in [0.717, 1.165) is 4.34 Å². The number of aromatic nitrogens is 2. The van der Waals surface area contributed by atoms with Gasteiger partial charge in [0.2, 0.25) is 21.1 Å². The maximum atomic E-state index is 12.8. The summed E-state index contributed by atoms with van der Waals surface area (Å²) in [6.07, 6.45) is 3.11. The van der Waals surface area contributed by atoms with Crippen molar-refractivity contribution in [2.75, 3.05) is 24.7 Å². The molecular weight excluding hydrogens is 463 g/mol. The molecule has 28 heavy (non-hydrogen) atoms. The molecule has 1 unspecified atom stereocenters. The molecule has 1 amide bonds. The normalized spacial score (nSPS) is 18.2. The SMILES string of the molecule is CSc1nnc(NC(=O)C2CCCN(S(=O)(=O)Cc3ccc(Cl)cc3Cl)C2)s1. The molecule has 1 atom stereocenters. The van der Waals surface area contributed by atoms with Gasteiger partial charge >= 0.3 is 0 Å². The Bertz CT molecular complexity index is 968. The van der Waals surface area contributed by atoms with Crippen molar-refractivity contribution >= 4 is 67.4 Å². The fourth-order valence-electron chi connectivity index (χ4n) is 2.89. The summed E-state index contributed by atoms with van der Waals surface area (Å²) in [4.78, 5) is 12.6. The summed E-state index contributed by atoms with van der Waals surface area (Å²) < 4.78 is 27.8. The summed E-state index contributed by atoms with van der Waals surface area (Å²) in [5, 5.41) is 11.8. The van der Waals surface area contributed by atoms with E-state index in [2.05, 4.69) is 15.5 Å². The molecule has 0 aliphatic carbocycles. The number of anilines is 1. The maximum Gasteiger partial charge on any atom is 0.230 e. The van der Waals surface area contributed by atoms with Gasteiger partial charge in [-0.25, -0.2) is 12.7 Å². The predicted molar refractivity (Wildman–Crippen MR) is 114 cm³/mol. The van der Waals surface area contributed by atoms with Crippen molar-refractivity contribution in [3.05, 3.63) is 33.8 Å². The van der Waals surface area contributed by atoms with Crippen LogP contribution in [0.4, 0.5) is 5.13 Å². The molecule has 7 nitrogen and oxygen atoms in total. The minimum atomic E-state index is -3.61. The van der Waals surface area contributed by atoms with Gasteiger partial charge in [0.05, 0.1) is 11.7 Å². The van der Waals surface area contributed by atoms with Gasteiger partial charge in [-0.15, -0.1) is 10.2 Å². The van der Waals surface area contributed by atoms with Crippen LogP contribution in [0, 0.1) is 5.92 Å². The average molecular weight is 481 g/mol. The third kappa shape index (κ3) is 5.37. The fourth-order valence-corrected chi connectivity index (χ4v) is 6.25.